The molecule has 9 nitrogen and oxygen atoms in total. The fourth-order valence-electron chi connectivity index (χ4n) is 4.01. The van der Waals surface area contributed by atoms with Gasteiger partial charge in [0.2, 0.25) is 0 Å². The van der Waals surface area contributed by atoms with Gasteiger partial charge in [-0.1, -0.05) is 0 Å². The third-order valence-corrected chi connectivity index (χ3v) is 6.03. The van der Waals surface area contributed by atoms with Gasteiger partial charge in [-0.15, -0.1) is 0 Å². The largest absolute Gasteiger partial charge is 0.493 e. The lowest BCUT2D eigenvalue weighted by molar-refractivity contribution is -0.138. The van der Waals surface area contributed by atoms with Gasteiger partial charge in [0.15, 0.2) is 0 Å². The van der Waals surface area contributed by atoms with E-state index in [1.54, 1.807) is 30.3 Å². The average Bonchev–Trinajstić information content (AvgIpc) is 3.43. The van der Waals surface area contributed by atoms with Gasteiger partial charge in [-0.25, -0.2) is 4.79 Å². The quantitative estimate of drug-likeness (QED) is 0.292. The molecule has 4 rings (SSSR count). The number of ether oxygens (including phenoxy) is 2. The van der Waals surface area contributed by atoms with Crippen LogP contribution in [0.5, 0.6) is 17.2 Å². The van der Waals surface area contributed by atoms with Crippen molar-refractivity contribution < 1.29 is 32.2 Å². The van der Waals surface area contributed by atoms with Crippen molar-refractivity contribution in [3.05, 3.63) is 72.1 Å². The van der Waals surface area contributed by atoms with Crippen LogP contribution in [0, 0.1) is 5.92 Å². The van der Waals surface area contributed by atoms with E-state index >= 15 is 0 Å². The maximum Gasteiger partial charge on any atom is 0.420 e. The highest BCUT2D eigenvalue weighted by Gasteiger charge is 2.35. The van der Waals surface area contributed by atoms with Crippen molar-refractivity contribution in [1.29, 1.82) is 0 Å². The van der Waals surface area contributed by atoms with Crippen molar-refractivity contribution in [2.75, 3.05) is 37.4 Å². The van der Waals surface area contributed by atoms with Crippen LogP contribution in [0.2, 0.25) is 0 Å². The summed E-state index contributed by atoms with van der Waals surface area (Å²) in [5.41, 5.74) is -0.406. The Labute approximate surface area is 223 Å². The topological polar surface area (TPSA) is 114 Å². The average molecular weight is 544 g/mol. The summed E-state index contributed by atoms with van der Waals surface area (Å²) >= 11 is 0. The molecular formula is C27H28F3N5O4. The van der Waals surface area contributed by atoms with Crippen LogP contribution in [0.15, 0.2) is 60.8 Å². The number of amides is 3. The number of hydrogen-bond acceptors (Lipinski definition) is 6. The summed E-state index contributed by atoms with van der Waals surface area (Å²) in [4.78, 5) is 28.1. The number of halogens is 3. The first-order valence-corrected chi connectivity index (χ1v) is 12.3. The Balaban J connectivity index is 1.34. The summed E-state index contributed by atoms with van der Waals surface area (Å²) in [5, 5.41) is 10.7. The van der Waals surface area contributed by atoms with E-state index in [0.29, 0.717) is 29.5 Å². The third-order valence-electron chi connectivity index (χ3n) is 6.03. The van der Waals surface area contributed by atoms with E-state index in [9.17, 15) is 22.8 Å². The fourth-order valence-corrected chi connectivity index (χ4v) is 4.01. The zero-order chi connectivity index (χ0) is 27.8. The highest BCUT2D eigenvalue weighted by Crippen LogP contribution is 2.38. The lowest BCUT2D eigenvalue weighted by Crippen LogP contribution is -2.20. The number of alkyl halides is 3. The monoisotopic (exact) mass is 543 g/mol. The molecule has 39 heavy (non-hydrogen) atoms. The fraction of sp³-hybridized carbons (Fsp3) is 0.296. The van der Waals surface area contributed by atoms with Crippen molar-refractivity contribution in [3.63, 3.8) is 0 Å². The summed E-state index contributed by atoms with van der Waals surface area (Å²) in [7, 11) is 1.50. The van der Waals surface area contributed by atoms with E-state index in [4.69, 9.17) is 9.47 Å². The summed E-state index contributed by atoms with van der Waals surface area (Å²) in [6.45, 7) is 1.93. The number of nitrogens with zero attached hydrogens (tertiary/aromatic N) is 1. The van der Waals surface area contributed by atoms with Gasteiger partial charge in [-0.05, 0) is 80.4 Å². The number of benzene rings is 2. The Bertz CT molecular complexity index is 1300. The first kappa shape index (κ1) is 27.7. The molecule has 0 saturated carbocycles. The summed E-state index contributed by atoms with van der Waals surface area (Å²) in [6.07, 6.45) is -1.56. The second-order valence-electron chi connectivity index (χ2n) is 8.87. The molecule has 1 saturated heterocycles. The summed E-state index contributed by atoms with van der Waals surface area (Å²) < 4.78 is 52.1. The number of nitrogens with one attached hydrogen (secondary N) is 4. The minimum absolute atomic E-state index is 0.0308. The van der Waals surface area contributed by atoms with Crippen LogP contribution in [0.3, 0.4) is 0 Å². The van der Waals surface area contributed by atoms with Gasteiger partial charge in [0, 0.05) is 30.7 Å². The van der Waals surface area contributed by atoms with Crippen LogP contribution >= 0.6 is 0 Å². The zero-order valence-electron chi connectivity index (χ0n) is 21.1. The Morgan fingerprint density at radius 1 is 1.03 bits per heavy atom. The molecule has 4 N–H and O–H groups in total. The van der Waals surface area contributed by atoms with Crippen LogP contribution in [0.25, 0.3) is 0 Å². The molecule has 1 aliphatic rings. The molecular weight excluding hydrogens is 515 g/mol. The number of hydrogen-bond donors (Lipinski definition) is 4. The van der Waals surface area contributed by atoms with Crippen molar-refractivity contribution in [2.24, 2.45) is 5.92 Å². The molecule has 1 unspecified atom stereocenters. The lowest BCUT2D eigenvalue weighted by Gasteiger charge is -2.17. The van der Waals surface area contributed by atoms with Crippen molar-refractivity contribution in [1.82, 2.24) is 15.6 Å². The third kappa shape index (κ3) is 7.84. The van der Waals surface area contributed by atoms with E-state index in [0.717, 1.165) is 25.6 Å². The maximum atomic E-state index is 13.7. The van der Waals surface area contributed by atoms with Crippen LogP contribution in [-0.4, -0.2) is 43.7 Å². The smallest absolute Gasteiger partial charge is 0.420 e. The molecule has 0 radical (unpaired) electrons. The molecule has 1 atom stereocenters. The number of aromatic nitrogens is 1. The van der Waals surface area contributed by atoms with Crippen LogP contribution in [0.4, 0.5) is 29.3 Å². The molecule has 2 aromatic carbocycles. The first-order chi connectivity index (χ1) is 18.7. The number of carbonyl (C=O) groups is 2. The molecule has 0 bridgehead atoms. The molecule has 3 aromatic rings. The molecule has 3 amide bonds. The first-order valence-electron chi connectivity index (χ1n) is 12.3. The van der Waals surface area contributed by atoms with E-state index < -0.39 is 17.8 Å². The number of carbonyl (C=O) groups excluding carboxylic acids is 2. The van der Waals surface area contributed by atoms with Crippen molar-refractivity contribution in [2.45, 2.75) is 19.0 Å². The second kappa shape index (κ2) is 12.5. The van der Waals surface area contributed by atoms with Crippen molar-refractivity contribution >= 4 is 23.3 Å². The Kier molecular flexibility index (Phi) is 8.87. The Morgan fingerprint density at radius 2 is 1.77 bits per heavy atom. The van der Waals surface area contributed by atoms with Crippen LogP contribution < -0.4 is 30.7 Å². The van der Waals surface area contributed by atoms with E-state index in [2.05, 4.69) is 26.3 Å². The number of urea groups is 1. The van der Waals surface area contributed by atoms with Crippen LogP contribution in [-0.2, 0) is 6.18 Å². The molecule has 1 aliphatic heterocycles. The zero-order valence-corrected chi connectivity index (χ0v) is 21.1. The maximum absolute atomic E-state index is 13.7. The van der Waals surface area contributed by atoms with Gasteiger partial charge >= 0.3 is 12.2 Å². The molecule has 0 spiro atoms. The highest BCUT2D eigenvalue weighted by atomic mass is 19.4. The standard InChI is InChI=1S/C27H28F3N5O4/c1-31-25(36)23-15-21(9-12-33-23)39-20-5-2-18(3-6-20)34-26(37)35-19-4-7-24(22(14-19)27(28,29)30)38-13-10-17-8-11-32-16-17/h2-7,9,12,14-15,17,32H,8,10-11,13,16H2,1H3,(H,31,36)(H2,34,35,37). The normalized spacial score (nSPS) is 14.9. The molecule has 1 fully saturated rings. The van der Waals surface area contributed by atoms with Gasteiger partial charge in [-0.3, -0.25) is 9.78 Å². The second-order valence-corrected chi connectivity index (χ2v) is 8.87. The minimum Gasteiger partial charge on any atom is -0.493 e. The predicted octanol–water partition coefficient (Wildman–Crippen LogP) is 5.27. The number of rotatable bonds is 9. The van der Waals surface area contributed by atoms with Crippen LogP contribution in [0.1, 0.15) is 28.9 Å². The molecule has 1 aromatic heterocycles. The SMILES string of the molecule is CNC(=O)c1cc(Oc2ccc(NC(=O)Nc3ccc(OCCC4CCNC4)c(C(F)(F)F)c3)cc2)ccn1. The Hall–Kier alpha value is -4.32. The van der Waals surface area contributed by atoms with E-state index in [1.807, 2.05) is 0 Å². The minimum atomic E-state index is -4.65. The molecule has 206 valence electrons. The van der Waals surface area contributed by atoms with E-state index in [-0.39, 0.29) is 29.6 Å². The van der Waals surface area contributed by atoms with Gasteiger partial charge in [0.25, 0.3) is 5.91 Å². The van der Waals surface area contributed by atoms with Gasteiger partial charge < -0.3 is 30.7 Å². The predicted molar refractivity (Wildman–Crippen MR) is 139 cm³/mol. The summed E-state index contributed by atoms with van der Waals surface area (Å²) in [6, 6.07) is 12.1. The lowest BCUT2D eigenvalue weighted by atomic mass is 10.1. The van der Waals surface area contributed by atoms with Gasteiger partial charge in [0.1, 0.15) is 22.9 Å². The van der Waals surface area contributed by atoms with Crippen molar-refractivity contribution in [3.8, 4) is 17.2 Å². The molecule has 2 heterocycles. The molecule has 0 aliphatic carbocycles. The van der Waals surface area contributed by atoms with Gasteiger partial charge in [-0.2, -0.15) is 13.2 Å². The number of pyridine rings is 1. The highest BCUT2D eigenvalue weighted by molar-refractivity contribution is 5.99. The molecule has 12 heteroatoms. The van der Waals surface area contributed by atoms with Gasteiger partial charge in [0.05, 0.1) is 12.2 Å². The van der Waals surface area contributed by atoms with E-state index in [1.165, 1.54) is 31.4 Å². The summed E-state index contributed by atoms with van der Waals surface area (Å²) in [5.74, 6) is 0.594. The number of anilines is 2. The Morgan fingerprint density at radius 3 is 2.46 bits per heavy atom.